The molecule has 0 aliphatic heterocycles. The maximum Gasteiger partial charge on any atom is 0.162 e. The number of unbranched alkanes of at least 4 members (excludes halogenated alkanes) is 6. The first-order valence-corrected chi connectivity index (χ1v) is 8.93. The van der Waals surface area contributed by atoms with Crippen molar-refractivity contribution in [2.75, 3.05) is 5.33 Å². The minimum atomic E-state index is 0.299. The third-order valence-corrected chi connectivity index (χ3v) is 4.43. The highest BCUT2D eigenvalue weighted by Crippen LogP contribution is 2.14. The molecule has 0 fully saturated rings. The second-order valence-corrected chi connectivity index (χ2v) is 6.43. The minimum absolute atomic E-state index is 0.299. The predicted molar refractivity (Wildman–Crippen MR) is 91.0 cm³/mol. The zero-order valence-corrected chi connectivity index (χ0v) is 14.5. The molecule has 0 bridgehead atoms. The number of alkyl halides is 1. The summed E-state index contributed by atoms with van der Waals surface area (Å²) in [6.45, 7) is 4.15. The second kappa shape index (κ2) is 10.1. The van der Waals surface area contributed by atoms with Gasteiger partial charge in [-0.1, -0.05) is 60.2 Å². The van der Waals surface area contributed by atoms with Crippen molar-refractivity contribution >= 4 is 21.7 Å². The number of Topliss-reactive ketones (excluding diaryl/α,β-unsaturated/α-hetero) is 1. The fraction of sp³-hybridized carbons (Fsp3) is 0.611. The van der Waals surface area contributed by atoms with Gasteiger partial charge < -0.3 is 0 Å². The molecule has 0 heterocycles. The van der Waals surface area contributed by atoms with E-state index in [1.165, 1.54) is 49.7 Å². The molecule has 0 spiro atoms. The Kier molecular flexibility index (Phi) is 8.84. The van der Waals surface area contributed by atoms with E-state index in [1.807, 2.05) is 18.2 Å². The highest BCUT2D eigenvalue weighted by molar-refractivity contribution is 9.09. The van der Waals surface area contributed by atoms with Crippen molar-refractivity contribution in [3.63, 3.8) is 0 Å². The van der Waals surface area contributed by atoms with Gasteiger partial charge in [0.1, 0.15) is 0 Å². The zero-order chi connectivity index (χ0) is 14.8. The first-order valence-electron chi connectivity index (χ1n) is 7.81. The molecule has 0 unspecified atom stereocenters. The Bertz CT molecular complexity index is 412. The lowest BCUT2D eigenvalue weighted by Gasteiger charge is -2.05. The van der Waals surface area contributed by atoms with Crippen molar-refractivity contribution in [3.8, 4) is 0 Å². The first-order chi connectivity index (χ1) is 9.65. The molecule has 0 aliphatic rings. The average molecular weight is 339 g/mol. The summed E-state index contributed by atoms with van der Waals surface area (Å²) in [6, 6.07) is 6.04. The zero-order valence-electron chi connectivity index (χ0n) is 12.9. The van der Waals surface area contributed by atoms with Crippen molar-refractivity contribution < 1.29 is 4.79 Å². The van der Waals surface area contributed by atoms with Gasteiger partial charge in [-0.3, -0.25) is 4.79 Å². The van der Waals surface area contributed by atoms with Crippen molar-refractivity contribution in [1.82, 2.24) is 0 Å². The van der Waals surface area contributed by atoms with Gasteiger partial charge in [0, 0.05) is 17.3 Å². The van der Waals surface area contributed by atoms with Crippen molar-refractivity contribution in [1.29, 1.82) is 0 Å². The van der Waals surface area contributed by atoms with Gasteiger partial charge in [0.15, 0.2) is 5.78 Å². The largest absolute Gasteiger partial charge is 0.294 e. The lowest BCUT2D eigenvalue weighted by atomic mass is 10.00. The highest BCUT2D eigenvalue weighted by atomic mass is 79.9. The first kappa shape index (κ1) is 17.4. The molecular weight excluding hydrogens is 312 g/mol. The van der Waals surface area contributed by atoms with Crippen LogP contribution in [0.15, 0.2) is 18.2 Å². The van der Waals surface area contributed by atoms with Crippen LogP contribution in [-0.4, -0.2) is 11.1 Å². The molecule has 0 N–H and O–H groups in total. The molecule has 1 aromatic carbocycles. The number of benzene rings is 1. The maximum atomic E-state index is 12.1. The molecule has 112 valence electrons. The molecule has 0 amide bonds. The summed E-state index contributed by atoms with van der Waals surface area (Å²) >= 11 is 3.45. The van der Waals surface area contributed by atoms with E-state index in [4.69, 9.17) is 0 Å². The third-order valence-electron chi connectivity index (χ3n) is 3.87. The number of aryl methyl sites for hydroxylation is 2. The number of halogens is 1. The Morgan fingerprint density at radius 3 is 2.10 bits per heavy atom. The van der Waals surface area contributed by atoms with Crippen LogP contribution in [0.25, 0.3) is 0 Å². The normalized spacial score (nSPS) is 10.8. The fourth-order valence-corrected chi connectivity index (χ4v) is 2.72. The molecular formula is C18H27BrO. The summed E-state index contributed by atoms with van der Waals surface area (Å²) in [5, 5.41) is 1.12. The Morgan fingerprint density at radius 2 is 1.50 bits per heavy atom. The van der Waals surface area contributed by atoms with Gasteiger partial charge in [0.05, 0.1) is 0 Å². The summed E-state index contributed by atoms with van der Waals surface area (Å²) < 4.78 is 0. The number of rotatable bonds is 10. The highest BCUT2D eigenvalue weighted by Gasteiger charge is 2.06. The molecule has 0 aliphatic carbocycles. The number of carbonyl (C=O) groups excluding carboxylic acids is 1. The van der Waals surface area contributed by atoms with Crippen LogP contribution in [0, 0.1) is 13.8 Å². The summed E-state index contributed by atoms with van der Waals surface area (Å²) in [7, 11) is 0. The Labute approximate surface area is 132 Å². The molecule has 20 heavy (non-hydrogen) atoms. The molecule has 1 nitrogen and oxygen atoms in total. The quantitative estimate of drug-likeness (QED) is 0.290. The van der Waals surface area contributed by atoms with E-state index in [0.29, 0.717) is 12.2 Å². The number of ketones is 1. The van der Waals surface area contributed by atoms with Crippen LogP contribution in [0.3, 0.4) is 0 Å². The SMILES string of the molecule is Cc1ccc(C(=O)CCCCCCCCCBr)cc1C. The van der Waals surface area contributed by atoms with E-state index in [9.17, 15) is 4.79 Å². The van der Waals surface area contributed by atoms with Crippen LogP contribution in [0.4, 0.5) is 0 Å². The van der Waals surface area contributed by atoms with Gasteiger partial charge in [0.2, 0.25) is 0 Å². The Balaban J connectivity index is 2.15. The molecule has 0 radical (unpaired) electrons. The maximum absolute atomic E-state index is 12.1. The van der Waals surface area contributed by atoms with Gasteiger partial charge in [-0.05, 0) is 43.9 Å². The van der Waals surface area contributed by atoms with Crippen LogP contribution in [0.2, 0.25) is 0 Å². The molecule has 0 atom stereocenters. The smallest absolute Gasteiger partial charge is 0.162 e. The van der Waals surface area contributed by atoms with E-state index in [1.54, 1.807) is 0 Å². The van der Waals surface area contributed by atoms with Gasteiger partial charge in [-0.2, -0.15) is 0 Å². The molecule has 2 heteroatoms. The Morgan fingerprint density at radius 1 is 0.900 bits per heavy atom. The van der Waals surface area contributed by atoms with Crippen LogP contribution < -0.4 is 0 Å². The van der Waals surface area contributed by atoms with E-state index in [-0.39, 0.29) is 0 Å². The predicted octanol–water partition coefficient (Wildman–Crippen LogP) is 6.00. The van der Waals surface area contributed by atoms with Crippen molar-refractivity contribution in [2.24, 2.45) is 0 Å². The van der Waals surface area contributed by atoms with Crippen LogP contribution in [0.1, 0.15) is 72.9 Å². The molecule has 0 aromatic heterocycles. The van der Waals surface area contributed by atoms with Gasteiger partial charge in [-0.15, -0.1) is 0 Å². The van der Waals surface area contributed by atoms with Crippen LogP contribution in [0.5, 0.6) is 0 Å². The monoisotopic (exact) mass is 338 g/mol. The van der Waals surface area contributed by atoms with E-state index in [2.05, 4.69) is 29.8 Å². The van der Waals surface area contributed by atoms with Crippen LogP contribution in [-0.2, 0) is 0 Å². The van der Waals surface area contributed by atoms with Crippen molar-refractivity contribution in [2.45, 2.75) is 65.2 Å². The lowest BCUT2D eigenvalue weighted by Crippen LogP contribution is -2.00. The molecule has 0 saturated carbocycles. The standard InChI is InChI=1S/C18H27BrO/c1-15-11-12-17(14-16(15)2)18(20)10-8-6-4-3-5-7-9-13-19/h11-12,14H,3-10,13H2,1-2H3. The molecule has 1 rings (SSSR count). The Hall–Kier alpha value is -0.630. The number of hydrogen-bond donors (Lipinski definition) is 0. The second-order valence-electron chi connectivity index (χ2n) is 5.64. The summed E-state index contributed by atoms with van der Waals surface area (Å²) in [6.07, 6.45) is 9.43. The van der Waals surface area contributed by atoms with E-state index in [0.717, 1.165) is 17.3 Å². The summed E-state index contributed by atoms with van der Waals surface area (Å²) in [5.41, 5.74) is 3.35. The van der Waals surface area contributed by atoms with E-state index < -0.39 is 0 Å². The fourth-order valence-electron chi connectivity index (χ4n) is 2.32. The lowest BCUT2D eigenvalue weighted by molar-refractivity contribution is 0.0979. The summed E-state index contributed by atoms with van der Waals surface area (Å²) in [5.74, 6) is 0.299. The van der Waals surface area contributed by atoms with Gasteiger partial charge >= 0.3 is 0 Å². The van der Waals surface area contributed by atoms with Gasteiger partial charge in [-0.25, -0.2) is 0 Å². The van der Waals surface area contributed by atoms with E-state index >= 15 is 0 Å². The number of hydrogen-bond acceptors (Lipinski definition) is 1. The number of carbonyl (C=O) groups is 1. The molecule has 1 aromatic rings. The van der Waals surface area contributed by atoms with Gasteiger partial charge in [0.25, 0.3) is 0 Å². The third kappa shape index (κ3) is 6.69. The topological polar surface area (TPSA) is 17.1 Å². The molecule has 0 saturated heterocycles. The summed E-state index contributed by atoms with van der Waals surface area (Å²) in [4.78, 5) is 12.1. The van der Waals surface area contributed by atoms with Crippen molar-refractivity contribution in [3.05, 3.63) is 34.9 Å². The van der Waals surface area contributed by atoms with Crippen LogP contribution >= 0.6 is 15.9 Å². The minimum Gasteiger partial charge on any atom is -0.294 e. The average Bonchev–Trinajstić information content (AvgIpc) is 2.44.